The van der Waals surface area contributed by atoms with Crippen LogP contribution >= 0.6 is 0 Å². The fourth-order valence-corrected chi connectivity index (χ4v) is 1.76. The Morgan fingerprint density at radius 2 is 1.76 bits per heavy atom. The summed E-state index contributed by atoms with van der Waals surface area (Å²) in [5, 5.41) is 2.72. The zero-order valence-corrected chi connectivity index (χ0v) is 13.1. The van der Waals surface area contributed by atoms with Crippen LogP contribution < -0.4 is 10.1 Å². The third-order valence-corrected chi connectivity index (χ3v) is 2.94. The number of ether oxygens (including phenoxy) is 2. The summed E-state index contributed by atoms with van der Waals surface area (Å²) < 4.78 is 10.2. The molecule has 5 nitrogen and oxygen atoms in total. The molecule has 0 aliphatic heterocycles. The molecule has 0 aliphatic carbocycles. The smallest absolute Gasteiger partial charge is 0.344 e. The predicted octanol–water partition coefficient (Wildman–Crippen LogP) is 2.14. The second-order valence-electron chi connectivity index (χ2n) is 5.15. The van der Waals surface area contributed by atoms with E-state index in [1.54, 1.807) is 0 Å². The van der Waals surface area contributed by atoms with Crippen molar-refractivity contribution in [1.82, 2.24) is 5.32 Å². The third-order valence-electron chi connectivity index (χ3n) is 2.94. The van der Waals surface area contributed by atoms with Gasteiger partial charge in [-0.05, 0) is 50.5 Å². The lowest BCUT2D eigenvalue weighted by Crippen LogP contribution is -2.35. The molecular weight excluding hydrogens is 270 g/mol. The van der Waals surface area contributed by atoms with E-state index in [0.717, 1.165) is 17.5 Å². The minimum atomic E-state index is -0.562. The molecule has 0 saturated heterocycles. The SMILES string of the molecule is CCC(C)NC(=O)COC(=O)COc1cc(C)cc(C)c1. The van der Waals surface area contributed by atoms with Gasteiger partial charge in [0.15, 0.2) is 13.2 Å². The van der Waals surface area contributed by atoms with E-state index >= 15 is 0 Å². The highest BCUT2D eigenvalue weighted by Crippen LogP contribution is 2.15. The summed E-state index contributed by atoms with van der Waals surface area (Å²) in [6.45, 7) is 7.28. The predicted molar refractivity (Wildman–Crippen MR) is 80.3 cm³/mol. The number of esters is 1. The summed E-state index contributed by atoms with van der Waals surface area (Å²) in [5.74, 6) is -0.244. The Balaban J connectivity index is 2.32. The number of amides is 1. The van der Waals surface area contributed by atoms with Crippen molar-refractivity contribution in [2.45, 2.75) is 40.2 Å². The van der Waals surface area contributed by atoms with E-state index in [1.807, 2.05) is 45.9 Å². The molecule has 116 valence electrons. The van der Waals surface area contributed by atoms with E-state index < -0.39 is 5.97 Å². The van der Waals surface area contributed by atoms with Gasteiger partial charge in [0.1, 0.15) is 5.75 Å². The number of nitrogens with one attached hydrogen (secondary N) is 1. The average Bonchev–Trinajstić information content (AvgIpc) is 2.41. The molecule has 21 heavy (non-hydrogen) atoms. The van der Waals surface area contributed by atoms with Crippen molar-refractivity contribution in [3.8, 4) is 5.75 Å². The normalized spacial score (nSPS) is 11.6. The van der Waals surface area contributed by atoms with Crippen molar-refractivity contribution in [2.24, 2.45) is 0 Å². The third kappa shape index (κ3) is 6.79. The van der Waals surface area contributed by atoms with Crippen molar-refractivity contribution in [2.75, 3.05) is 13.2 Å². The lowest BCUT2D eigenvalue weighted by Gasteiger charge is -2.12. The molecule has 1 rings (SSSR count). The van der Waals surface area contributed by atoms with Gasteiger partial charge in [-0.1, -0.05) is 13.0 Å². The summed E-state index contributed by atoms with van der Waals surface area (Å²) in [6.07, 6.45) is 0.829. The fraction of sp³-hybridized carbons (Fsp3) is 0.500. The van der Waals surface area contributed by atoms with Gasteiger partial charge in [-0.25, -0.2) is 4.79 Å². The Morgan fingerprint density at radius 1 is 1.14 bits per heavy atom. The van der Waals surface area contributed by atoms with Crippen LogP contribution in [0.15, 0.2) is 18.2 Å². The first-order valence-corrected chi connectivity index (χ1v) is 7.06. The maximum absolute atomic E-state index is 11.5. The van der Waals surface area contributed by atoms with Gasteiger partial charge in [0.2, 0.25) is 0 Å². The monoisotopic (exact) mass is 293 g/mol. The minimum absolute atomic E-state index is 0.0720. The molecule has 0 heterocycles. The van der Waals surface area contributed by atoms with E-state index in [2.05, 4.69) is 5.32 Å². The Bertz CT molecular complexity index is 479. The molecule has 1 aromatic rings. The number of rotatable bonds is 7. The van der Waals surface area contributed by atoms with Crippen molar-refractivity contribution in [3.63, 3.8) is 0 Å². The van der Waals surface area contributed by atoms with Crippen LogP contribution in [0.25, 0.3) is 0 Å². The molecule has 0 aromatic heterocycles. The molecule has 0 fully saturated rings. The maximum atomic E-state index is 11.5. The van der Waals surface area contributed by atoms with Gasteiger partial charge in [0.25, 0.3) is 5.91 Å². The average molecular weight is 293 g/mol. The Kier molecular flexibility index (Phi) is 6.72. The zero-order valence-electron chi connectivity index (χ0n) is 13.1. The highest BCUT2D eigenvalue weighted by Gasteiger charge is 2.10. The highest BCUT2D eigenvalue weighted by atomic mass is 16.6. The first-order chi connectivity index (χ1) is 9.90. The van der Waals surface area contributed by atoms with E-state index in [4.69, 9.17) is 9.47 Å². The Hall–Kier alpha value is -2.04. The number of aryl methyl sites for hydroxylation is 2. The molecular formula is C16H23NO4. The van der Waals surface area contributed by atoms with E-state index in [-0.39, 0.29) is 25.2 Å². The number of hydrogen-bond acceptors (Lipinski definition) is 4. The second-order valence-corrected chi connectivity index (χ2v) is 5.15. The molecule has 0 bridgehead atoms. The van der Waals surface area contributed by atoms with Crippen LogP contribution in [0.1, 0.15) is 31.4 Å². The number of carbonyl (C=O) groups excluding carboxylic acids is 2. The lowest BCUT2D eigenvalue weighted by atomic mass is 10.1. The molecule has 1 aromatic carbocycles. The molecule has 0 spiro atoms. The van der Waals surface area contributed by atoms with E-state index in [1.165, 1.54) is 0 Å². The van der Waals surface area contributed by atoms with Crippen molar-refractivity contribution < 1.29 is 19.1 Å². The van der Waals surface area contributed by atoms with Gasteiger partial charge in [-0.3, -0.25) is 4.79 Å². The molecule has 1 atom stereocenters. The van der Waals surface area contributed by atoms with Gasteiger partial charge in [-0.15, -0.1) is 0 Å². The Morgan fingerprint density at radius 3 is 2.33 bits per heavy atom. The van der Waals surface area contributed by atoms with E-state index in [9.17, 15) is 9.59 Å². The topological polar surface area (TPSA) is 64.6 Å². The van der Waals surface area contributed by atoms with Crippen LogP contribution in [-0.2, 0) is 14.3 Å². The van der Waals surface area contributed by atoms with Crippen LogP contribution in [0.2, 0.25) is 0 Å². The first-order valence-electron chi connectivity index (χ1n) is 7.06. The molecule has 0 saturated carbocycles. The zero-order chi connectivity index (χ0) is 15.8. The summed E-state index contributed by atoms with van der Waals surface area (Å²) >= 11 is 0. The molecule has 0 aliphatic rings. The van der Waals surface area contributed by atoms with Crippen LogP contribution in [-0.4, -0.2) is 31.1 Å². The molecule has 1 amide bonds. The molecule has 1 unspecified atom stereocenters. The van der Waals surface area contributed by atoms with Crippen LogP contribution in [0, 0.1) is 13.8 Å². The number of hydrogen-bond donors (Lipinski definition) is 1. The van der Waals surface area contributed by atoms with Gasteiger partial charge in [-0.2, -0.15) is 0 Å². The fourth-order valence-electron chi connectivity index (χ4n) is 1.76. The van der Waals surface area contributed by atoms with Crippen molar-refractivity contribution >= 4 is 11.9 Å². The van der Waals surface area contributed by atoms with Gasteiger partial charge < -0.3 is 14.8 Å². The standard InChI is InChI=1S/C16H23NO4/c1-5-13(4)17-15(18)9-21-16(19)10-20-14-7-11(2)6-12(3)8-14/h6-8,13H,5,9-10H2,1-4H3,(H,17,18). The second kappa shape index (κ2) is 8.29. The summed E-state index contributed by atoms with van der Waals surface area (Å²) in [7, 11) is 0. The summed E-state index contributed by atoms with van der Waals surface area (Å²) in [4.78, 5) is 23.0. The Labute approximate surface area is 125 Å². The highest BCUT2D eigenvalue weighted by molar-refractivity contribution is 5.81. The maximum Gasteiger partial charge on any atom is 0.344 e. The largest absolute Gasteiger partial charge is 0.482 e. The van der Waals surface area contributed by atoms with Gasteiger partial charge in [0, 0.05) is 6.04 Å². The minimum Gasteiger partial charge on any atom is -0.482 e. The molecule has 0 radical (unpaired) electrons. The van der Waals surface area contributed by atoms with Crippen LogP contribution in [0.5, 0.6) is 5.75 Å². The number of carbonyl (C=O) groups is 2. The van der Waals surface area contributed by atoms with Crippen LogP contribution in [0.4, 0.5) is 0 Å². The molecule has 1 N–H and O–H groups in total. The van der Waals surface area contributed by atoms with Crippen LogP contribution in [0.3, 0.4) is 0 Å². The summed E-state index contributed by atoms with van der Waals surface area (Å²) in [5.41, 5.74) is 2.12. The molecule has 5 heteroatoms. The van der Waals surface area contributed by atoms with E-state index in [0.29, 0.717) is 5.75 Å². The van der Waals surface area contributed by atoms with Gasteiger partial charge in [0.05, 0.1) is 0 Å². The number of benzene rings is 1. The van der Waals surface area contributed by atoms with Gasteiger partial charge >= 0.3 is 5.97 Å². The van der Waals surface area contributed by atoms with Crippen molar-refractivity contribution in [3.05, 3.63) is 29.3 Å². The first kappa shape index (κ1) is 17.0. The summed E-state index contributed by atoms with van der Waals surface area (Å²) in [6, 6.07) is 5.78. The lowest BCUT2D eigenvalue weighted by molar-refractivity contribution is -0.150. The van der Waals surface area contributed by atoms with Crippen molar-refractivity contribution in [1.29, 1.82) is 0 Å². The quantitative estimate of drug-likeness (QED) is 0.782.